The number of morpholine rings is 1. The third kappa shape index (κ3) is 6.84. The summed E-state index contributed by atoms with van der Waals surface area (Å²) < 4.78 is 76.9. The van der Waals surface area contributed by atoms with Crippen LogP contribution in [0, 0.1) is 12.7 Å². The molecule has 3 aromatic rings. The van der Waals surface area contributed by atoms with Gasteiger partial charge in [-0.15, -0.1) is 0 Å². The molecule has 0 spiro atoms. The zero-order chi connectivity index (χ0) is 28.5. The van der Waals surface area contributed by atoms with Crippen molar-refractivity contribution < 1.29 is 30.8 Å². The van der Waals surface area contributed by atoms with Gasteiger partial charge in [-0.05, 0) is 76.9 Å². The summed E-state index contributed by atoms with van der Waals surface area (Å²) in [4.78, 5) is 14.3. The highest BCUT2D eigenvalue weighted by atomic mass is 79.9. The van der Waals surface area contributed by atoms with Crippen molar-refractivity contribution in [1.82, 2.24) is 4.90 Å². The molecule has 0 unspecified atom stereocenters. The topological polar surface area (TPSA) is 122 Å². The monoisotopic (exact) mass is 679 g/mol. The molecule has 1 saturated heterocycles. The second-order valence-corrected chi connectivity index (χ2v) is 13.6. The molecule has 1 fully saturated rings. The van der Waals surface area contributed by atoms with Gasteiger partial charge in [0.25, 0.3) is 26.0 Å². The van der Waals surface area contributed by atoms with Crippen LogP contribution in [-0.4, -0.2) is 53.9 Å². The standard InChI is InChI=1S/C24H21BrCl2FN3O6S2/c1-14-8-21(28)20(25)13-22(14)30-39(35,36)23-3-2-17(12-19(23)24(32)31-4-6-37-7-5-31)29-38(33,34)18-10-15(26)9-16(27)11-18/h2-3,8-13,29-30H,4-7H2,1H3. The minimum Gasteiger partial charge on any atom is -0.378 e. The molecule has 0 radical (unpaired) electrons. The molecule has 0 atom stereocenters. The summed E-state index contributed by atoms with van der Waals surface area (Å²) in [6, 6.07) is 9.65. The normalized spacial score (nSPS) is 14.2. The van der Waals surface area contributed by atoms with E-state index in [2.05, 4.69) is 25.4 Å². The van der Waals surface area contributed by atoms with Gasteiger partial charge in [0.15, 0.2) is 0 Å². The van der Waals surface area contributed by atoms with E-state index < -0.39 is 36.7 Å². The summed E-state index contributed by atoms with van der Waals surface area (Å²) in [5.74, 6) is -1.21. The second kappa shape index (κ2) is 11.6. The molecule has 1 aliphatic heterocycles. The molecule has 1 amide bonds. The Labute approximate surface area is 243 Å². The van der Waals surface area contributed by atoms with Crippen LogP contribution >= 0.6 is 39.1 Å². The van der Waals surface area contributed by atoms with Gasteiger partial charge >= 0.3 is 0 Å². The van der Waals surface area contributed by atoms with Crippen molar-refractivity contribution in [3.05, 3.63) is 80.0 Å². The Morgan fingerprint density at radius 2 is 1.59 bits per heavy atom. The zero-order valence-electron chi connectivity index (χ0n) is 20.2. The Hall–Kier alpha value is -2.42. The Balaban J connectivity index is 1.76. The van der Waals surface area contributed by atoms with Gasteiger partial charge in [0.1, 0.15) is 10.7 Å². The Morgan fingerprint density at radius 1 is 0.949 bits per heavy atom. The van der Waals surface area contributed by atoms with Crippen LogP contribution in [-0.2, 0) is 24.8 Å². The molecule has 2 N–H and O–H groups in total. The summed E-state index contributed by atoms with van der Waals surface area (Å²) in [7, 11) is -8.59. The molecule has 1 heterocycles. The number of anilines is 2. The number of halogens is 4. The van der Waals surface area contributed by atoms with Crippen molar-refractivity contribution in [2.24, 2.45) is 0 Å². The van der Waals surface area contributed by atoms with Gasteiger partial charge in [-0.3, -0.25) is 14.2 Å². The van der Waals surface area contributed by atoms with Crippen LogP contribution in [0.15, 0.2) is 62.8 Å². The van der Waals surface area contributed by atoms with Gasteiger partial charge in [-0.25, -0.2) is 21.2 Å². The summed E-state index contributed by atoms with van der Waals surface area (Å²) >= 11 is 14.9. The van der Waals surface area contributed by atoms with Crippen LogP contribution < -0.4 is 9.44 Å². The number of amides is 1. The molecule has 39 heavy (non-hydrogen) atoms. The summed E-state index contributed by atoms with van der Waals surface area (Å²) in [6.07, 6.45) is 0. The Bertz CT molecular complexity index is 1650. The molecule has 0 bridgehead atoms. The Morgan fingerprint density at radius 3 is 2.23 bits per heavy atom. The maximum Gasteiger partial charge on any atom is 0.262 e. The second-order valence-electron chi connectivity index (χ2n) is 8.51. The number of ether oxygens (including phenoxy) is 1. The highest BCUT2D eigenvalue weighted by molar-refractivity contribution is 9.10. The van der Waals surface area contributed by atoms with Crippen molar-refractivity contribution in [2.45, 2.75) is 16.7 Å². The lowest BCUT2D eigenvalue weighted by Gasteiger charge is -2.28. The fraction of sp³-hybridized carbons (Fsp3) is 0.208. The third-order valence-electron chi connectivity index (χ3n) is 5.71. The fourth-order valence-corrected chi connectivity index (χ4v) is 7.21. The molecule has 0 saturated carbocycles. The maximum atomic E-state index is 13.9. The van der Waals surface area contributed by atoms with Gasteiger partial charge in [-0.2, -0.15) is 0 Å². The number of benzene rings is 3. The molecule has 3 aromatic carbocycles. The van der Waals surface area contributed by atoms with Crippen LogP contribution in [0.4, 0.5) is 15.8 Å². The van der Waals surface area contributed by atoms with E-state index in [9.17, 15) is 26.0 Å². The number of sulfonamides is 2. The quantitative estimate of drug-likeness (QED) is 0.350. The number of carbonyl (C=O) groups is 1. The van der Waals surface area contributed by atoms with Crippen molar-refractivity contribution in [2.75, 3.05) is 35.7 Å². The van der Waals surface area contributed by atoms with E-state index in [0.29, 0.717) is 5.56 Å². The molecule has 15 heteroatoms. The highest BCUT2D eigenvalue weighted by Gasteiger charge is 2.29. The van der Waals surface area contributed by atoms with E-state index in [0.717, 1.165) is 18.2 Å². The number of rotatable bonds is 7. The molecular weight excluding hydrogens is 660 g/mol. The Kier molecular flexibility index (Phi) is 8.79. The average Bonchev–Trinajstić information content (AvgIpc) is 2.86. The average molecular weight is 681 g/mol. The van der Waals surface area contributed by atoms with Crippen LogP contribution in [0.3, 0.4) is 0 Å². The van der Waals surface area contributed by atoms with E-state index >= 15 is 0 Å². The smallest absolute Gasteiger partial charge is 0.262 e. The molecule has 0 aliphatic carbocycles. The minimum atomic E-state index is -4.39. The third-order valence-corrected chi connectivity index (χ3v) is 9.54. The van der Waals surface area contributed by atoms with Crippen molar-refractivity contribution in [1.29, 1.82) is 0 Å². The lowest BCUT2D eigenvalue weighted by atomic mass is 10.1. The molecule has 4 rings (SSSR count). The van der Waals surface area contributed by atoms with E-state index in [1.807, 2.05) is 0 Å². The van der Waals surface area contributed by atoms with Crippen LogP contribution in [0.5, 0.6) is 0 Å². The van der Waals surface area contributed by atoms with Crippen LogP contribution in [0.25, 0.3) is 0 Å². The van der Waals surface area contributed by atoms with Crippen molar-refractivity contribution in [3.63, 3.8) is 0 Å². The first-order chi connectivity index (χ1) is 18.3. The molecular formula is C24H21BrCl2FN3O6S2. The number of nitrogens with one attached hydrogen (secondary N) is 2. The predicted octanol–water partition coefficient (Wildman–Crippen LogP) is 5.28. The van der Waals surface area contributed by atoms with Gasteiger partial charge in [-0.1, -0.05) is 23.2 Å². The number of hydrogen-bond acceptors (Lipinski definition) is 6. The summed E-state index contributed by atoms with van der Waals surface area (Å²) in [6.45, 7) is 2.47. The first-order valence-corrected chi connectivity index (χ1v) is 15.8. The molecule has 208 valence electrons. The van der Waals surface area contributed by atoms with E-state index in [4.69, 9.17) is 27.9 Å². The largest absolute Gasteiger partial charge is 0.378 e. The van der Waals surface area contributed by atoms with E-state index in [1.165, 1.54) is 42.2 Å². The van der Waals surface area contributed by atoms with Gasteiger partial charge in [0, 0.05) is 28.8 Å². The number of hydrogen-bond donors (Lipinski definition) is 2. The van der Waals surface area contributed by atoms with Gasteiger partial charge < -0.3 is 9.64 Å². The van der Waals surface area contributed by atoms with Crippen LogP contribution in [0.2, 0.25) is 10.0 Å². The van der Waals surface area contributed by atoms with Crippen molar-refractivity contribution >= 4 is 76.5 Å². The summed E-state index contributed by atoms with van der Waals surface area (Å²) in [5, 5.41) is 0.197. The number of aryl methyl sites for hydroxylation is 1. The van der Waals surface area contributed by atoms with E-state index in [1.54, 1.807) is 0 Å². The zero-order valence-corrected chi connectivity index (χ0v) is 24.9. The lowest BCUT2D eigenvalue weighted by Crippen LogP contribution is -2.41. The fourth-order valence-electron chi connectivity index (χ4n) is 3.79. The number of nitrogens with zero attached hydrogens (tertiary/aromatic N) is 1. The molecule has 0 aromatic heterocycles. The number of carbonyl (C=O) groups excluding carboxylic acids is 1. The van der Waals surface area contributed by atoms with Gasteiger partial charge in [0.2, 0.25) is 0 Å². The first kappa shape index (κ1) is 29.6. The molecule has 9 nitrogen and oxygen atoms in total. The van der Waals surface area contributed by atoms with Crippen molar-refractivity contribution in [3.8, 4) is 0 Å². The SMILES string of the molecule is Cc1cc(F)c(Br)cc1NS(=O)(=O)c1ccc(NS(=O)(=O)c2cc(Cl)cc(Cl)c2)cc1C(=O)N1CCOCC1. The maximum absolute atomic E-state index is 13.9. The van der Waals surface area contributed by atoms with Gasteiger partial charge in [0.05, 0.1) is 33.8 Å². The van der Waals surface area contributed by atoms with Crippen LogP contribution in [0.1, 0.15) is 15.9 Å². The minimum absolute atomic E-state index is 0.0429. The predicted molar refractivity (Wildman–Crippen MR) is 150 cm³/mol. The van der Waals surface area contributed by atoms with E-state index in [-0.39, 0.29) is 62.7 Å². The lowest BCUT2D eigenvalue weighted by molar-refractivity contribution is 0.0300. The summed E-state index contributed by atoms with van der Waals surface area (Å²) in [5.41, 5.74) is 0.0653. The molecule has 1 aliphatic rings. The highest BCUT2D eigenvalue weighted by Crippen LogP contribution is 2.30. The first-order valence-electron chi connectivity index (χ1n) is 11.3.